The Morgan fingerprint density at radius 3 is 2.52 bits per heavy atom. The number of nitrogens with zero attached hydrogens (tertiary/aromatic N) is 2. The van der Waals surface area contributed by atoms with E-state index in [2.05, 4.69) is 15.6 Å². The molecule has 7 nitrogen and oxygen atoms in total. The third-order valence-electron chi connectivity index (χ3n) is 3.90. The van der Waals surface area contributed by atoms with Crippen LogP contribution in [0.2, 0.25) is 0 Å². The van der Waals surface area contributed by atoms with E-state index < -0.39 is 0 Å². The predicted molar refractivity (Wildman–Crippen MR) is 101 cm³/mol. The van der Waals surface area contributed by atoms with Crippen LogP contribution >= 0.6 is 0 Å². The van der Waals surface area contributed by atoms with E-state index >= 15 is 0 Å². The fraction of sp³-hybridized carbons (Fsp3) is 0.250. The van der Waals surface area contributed by atoms with Crippen molar-refractivity contribution >= 4 is 11.7 Å². The lowest BCUT2D eigenvalue weighted by Gasteiger charge is -2.10. The Morgan fingerprint density at radius 1 is 1.04 bits per heavy atom. The Kier molecular flexibility index (Phi) is 5.71. The maximum atomic E-state index is 12.7. The minimum atomic E-state index is -0.348. The van der Waals surface area contributed by atoms with Gasteiger partial charge in [0.05, 0.1) is 18.8 Å². The van der Waals surface area contributed by atoms with E-state index in [9.17, 15) is 4.79 Å². The molecule has 0 spiro atoms. The van der Waals surface area contributed by atoms with Gasteiger partial charge in [-0.15, -0.1) is 0 Å². The number of rotatable bonds is 7. The van der Waals surface area contributed by atoms with E-state index in [1.165, 1.54) is 0 Å². The van der Waals surface area contributed by atoms with Gasteiger partial charge in [-0.05, 0) is 67.0 Å². The fourth-order valence-electron chi connectivity index (χ4n) is 2.68. The number of carbonyl (C=O) groups is 1. The highest BCUT2D eigenvalue weighted by molar-refractivity contribution is 6.07. The number of hydrogen-bond donors (Lipinski definition) is 1. The number of carbonyl (C=O) groups excluding carboxylic acids is 1. The summed E-state index contributed by atoms with van der Waals surface area (Å²) in [6.07, 6.45) is 0. The fourth-order valence-corrected chi connectivity index (χ4v) is 2.68. The third kappa shape index (κ3) is 4.08. The number of aromatic nitrogens is 2. The van der Waals surface area contributed by atoms with Crippen LogP contribution in [0.4, 0.5) is 5.82 Å². The molecule has 0 atom stereocenters. The molecular formula is C20H21N3O4. The normalized spacial score (nSPS) is 10.5. The largest absolute Gasteiger partial charge is 0.494 e. The highest BCUT2D eigenvalue weighted by atomic mass is 16.6. The summed E-state index contributed by atoms with van der Waals surface area (Å²) in [5.74, 6) is 1.20. The standard InChI is InChI=1S/C20H21N3O4/c1-4-25-16-11-10-14(12-13(16)3)18-19(23-27-22-18)21-20(24)15-8-6-7-9-17(15)26-5-2/h6-12H,4-5H2,1-3H3,(H,21,23,24). The highest BCUT2D eigenvalue weighted by Gasteiger charge is 2.19. The molecule has 3 rings (SSSR count). The molecule has 0 saturated carbocycles. The van der Waals surface area contributed by atoms with Crippen LogP contribution in [0.5, 0.6) is 11.5 Å². The quantitative estimate of drug-likeness (QED) is 0.677. The summed E-state index contributed by atoms with van der Waals surface area (Å²) < 4.78 is 15.9. The van der Waals surface area contributed by atoms with Crippen molar-refractivity contribution in [3.63, 3.8) is 0 Å². The molecule has 27 heavy (non-hydrogen) atoms. The van der Waals surface area contributed by atoms with Gasteiger partial charge >= 0.3 is 0 Å². The second-order valence-corrected chi connectivity index (χ2v) is 5.76. The Balaban J connectivity index is 1.86. The average molecular weight is 367 g/mol. The van der Waals surface area contributed by atoms with Crippen molar-refractivity contribution in [1.29, 1.82) is 0 Å². The SMILES string of the molecule is CCOc1ccc(-c2nonc2NC(=O)c2ccccc2OCC)cc1C. The molecule has 0 aliphatic heterocycles. The van der Waals surface area contributed by atoms with Gasteiger partial charge in [-0.25, -0.2) is 4.63 Å². The first kappa shape index (κ1) is 18.4. The maximum Gasteiger partial charge on any atom is 0.260 e. The van der Waals surface area contributed by atoms with Crippen LogP contribution in [0.25, 0.3) is 11.3 Å². The van der Waals surface area contributed by atoms with Gasteiger partial charge in [0, 0.05) is 5.56 Å². The molecule has 0 unspecified atom stereocenters. The van der Waals surface area contributed by atoms with Crippen LogP contribution in [-0.4, -0.2) is 29.4 Å². The smallest absolute Gasteiger partial charge is 0.260 e. The minimum Gasteiger partial charge on any atom is -0.494 e. The number of hydrogen-bond acceptors (Lipinski definition) is 6. The zero-order valence-electron chi connectivity index (χ0n) is 15.5. The molecule has 0 bridgehead atoms. The molecule has 1 N–H and O–H groups in total. The summed E-state index contributed by atoms with van der Waals surface area (Å²) in [5.41, 5.74) is 2.58. The van der Waals surface area contributed by atoms with E-state index in [0.29, 0.717) is 30.2 Å². The molecule has 2 aromatic carbocycles. The van der Waals surface area contributed by atoms with Crippen molar-refractivity contribution in [2.24, 2.45) is 0 Å². The number of amides is 1. The molecule has 7 heteroatoms. The molecule has 140 valence electrons. The van der Waals surface area contributed by atoms with Crippen LogP contribution in [0, 0.1) is 6.92 Å². The van der Waals surface area contributed by atoms with Gasteiger partial charge in [0.1, 0.15) is 11.5 Å². The van der Waals surface area contributed by atoms with Crippen LogP contribution in [-0.2, 0) is 0 Å². The molecule has 0 aliphatic rings. The summed E-state index contributed by atoms with van der Waals surface area (Å²) in [4.78, 5) is 12.7. The topological polar surface area (TPSA) is 86.5 Å². The molecule has 1 aromatic heterocycles. The first-order valence-corrected chi connectivity index (χ1v) is 8.73. The van der Waals surface area contributed by atoms with Gasteiger partial charge in [-0.2, -0.15) is 0 Å². The van der Waals surface area contributed by atoms with Gasteiger partial charge in [-0.3, -0.25) is 4.79 Å². The van der Waals surface area contributed by atoms with E-state index in [0.717, 1.165) is 16.9 Å². The molecule has 0 saturated heterocycles. The van der Waals surface area contributed by atoms with Crippen molar-refractivity contribution in [3.05, 3.63) is 53.6 Å². The lowest BCUT2D eigenvalue weighted by Crippen LogP contribution is -2.14. The van der Waals surface area contributed by atoms with Gasteiger partial charge in [0.25, 0.3) is 5.91 Å². The van der Waals surface area contributed by atoms with Crippen LogP contribution in [0.1, 0.15) is 29.8 Å². The first-order valence-electron chi connectivity index (χ1n) is 8.73. The summed E-state index contributed by atoms with van der Waals surface area (Å²) in [7, 11) is 0. The molecule has 0 fully saturated rings. The number of anilines is 1. The molecular weight excluding hydrogens is 346 g/mol. The summed E-state index contributed by atoms with van der Waals surface area (Å²) >= 11 is 0. The van der Waals surface area contributed by atoms with Gasteiger partial charge in [-0.1, -0.05) is 12.1 Å². The Hall–Kier alpha value is -3.35. The summed E-state index contributed by atoms with van der Waals surface area (Å²) in [6.45, 7) is 6.79. The van der Waals surface area contributed by atoms with Crippen molar-refractivity contribution < 1.29 is 18.9 Å². The van der Waals surface area contributed by atoms with Crippen molar-refractivity contribution in [2.75, 3.05) is 18.5 Å². The van der Waals surface area contributed by atoms with E-state index in [1.54, 1.807) is 18.2 Å². The summed E-state index contributed by atoms with van der Waals surface area (Å²) in [5, 5.41) is 10.5. The number of benzene rings is 2. The Labute approximate surface area is 157 Å². The number of ether oxygens (including phenoxy) is 2. The third-order valence-corrected chi connectivity index (χ3v) is 3.90. The zero-order chi connectivity index (χ0) is 19.2. The lowest BCUT2D eigenvalue weighted by molar-refractivity contribution is 0.102. The molecule has 1 heterocycles. The molecule has 0 aliphatic carbocycles. The second kappa shape index (κ2) is 8.35. The second-order valence-electron chi connectivity index (χ2n) is 5.76. The Bertz CT molecular complexity index is 936. The zero-order valence-corrected chi connectivity index (χ0v) is 15.5. The van der Waals surface area contributed by atoms with Crippen molar-refractivity contribution in [3.8, 4) is 22.8 Å². The van der Waals surface area contributed by atoms with Crippen molar-refractivity contribution in [2.45, 2.75) is 20.8 Å². The molecule has 0 radical (unpaired) electrons. The number of nitrogens with one attached hydrogen (secondary N) is 1. The predicted octanol–water partition coefficient (Wildman–Crippen LogP) is 4.09. The number of aryl methyl sites for hydroxylation is 1. The van der Waals surface area contributed by atoms with Gasteiger partial charge in [0.2, 0.25) is 5.82 Å². The minimum absolute atomic E-state index is 0.245. The van der Waals surface area contributed by atoms with Crippen molar-refractivity contribution in [1.82, 2.24) is 10.3 Å². The van der Waals surface area contributed by atoms with Gasteiger partial charge < -0.3 is 14.8 Å². The van der Waals surface area contributed by atoms with E-state index in [4.69, 9.17) is 14.1 Å². The average Bonchev–Trinajstić information content (AvgIpc) is 3.12. The monoisotopic (exact) mass is 367 g/mol. The number of para-hydroxylation sites is 1. The summed E-state index contributed by atoms with van der Waals surface area (Å²) in [6, 6.07) is 12.6. The van der Waals surface area contributed by atoms with Crippen LogP contribution in [0.15, 0.2) is 47.1 Å². The molecule has 3 aromatic rings. The maximum absolute atomic E-state index is 12.7. The van der Waals surface area contributed by atoms with Crippen LogP contribution in [0.3, 0.4) is 0 Å². The molecule has 1 amide bonds. The van der Waals surface area contributed by atoms with E-state index in [1.807, 2.05) is 45.0 Å². The van der Waals surface area contributed by atoms with Crippen LogP contribution < -0.4 is 14.8 Å². The Morgan fingerprint density at radius 2 is 1.78 bits per heavy atom. The van der Waals surface area contributed by atoms with Gasteiger partial charge in [0.15, 0.2) is 5.69 Å². The highest BCUT2D eigenvalue weighted by Crippen LogP contribution is 2.29. The lowest BCUT2D eigenvalue weighted by atomic mass is 10.1. The van der Waals surface area contributed by atoms with E-state index in [-0.39, 0.29) is 11.7 Å². The first-order chi connectivity index (χ1) is 13.1.